The molecule has 1 unspecified atom stereocenters. The molecule has 0 amide bonds. The summed E-state index contributed by atoms with van der Waals surface area (Å²) in [5, 5.41) is 18.5. The zero-order chi connectivity index (χ0) is 23.0. The Labute approximate surface area is 172 Å². The average molecular weight is 440 g/mol. The van der Waals surface area contributed by atoms with Crippen molar-refractivity contribution in [3.05, 3.63) is 64.9 Å². The van der Waals surface area contributed by atoms with Crippen molar-refractivity contribution < 1.29 is 36.2 Å². The quantitative estimate of drug-likeness (QED) is 0.381. The first-order valence-corrected chi connectivity index (χ1v) is 8.88. The lowest BCUT2D eigenvalue weighted by molar-refractivity contribution is -0.162. The Bertz CT molecular complexity index is 1160. The molecule has 1 atom stereocenters. The zero-order valence-electron chi connectivity index (χ0n) is 15.6. The standard InChI is InChI=1S/C21H14F6N2O2/c22-20(23,24)15-5-12(6-16(8-15)21(25,26)27)10-29-11-14(7-13(9-28)19(30)31)17-3-1-2-4-18(17)29/h1-5,7-8,11,16H,6,10H2,(H,30,31)/b13-7+. The first kappa shape index (κ1) is 22.2. The number of benzene rings is 1. The Hall–Kier alpha value is -3.48. The maximum absolute atomic E-state index is 13.2. The highest BCUT2D eigenvalue weighted by molar-refractivity contribution is 6.00. The van der Waals surface area contributed by atoms with Crippen LogP contribution in [0.3, 0.4) is 0 Å². The molecule has 1 N–H and O–H groups in total. The molecule has 0 saturated heterocycles. The Morgan fingerprint density at radius 3 is 2.48 bits per heavy atom. The fourth-order valence-electron chi connectivity index (χ4n) is 3.42. The van der Waals surface area contributed by atoms with Crippen LogP contribution < -0.4 is 0 Å². The second kappa shape index (κ2) is 7.98. The van der Waals surface area contributed by atoms with Gasteiger partial charge < -0.3 is 9.67 Å². The Morgan fingerprint density at radius 1 is 1.23 bits per heavy atom. The molecule has 0 aliphatic heterocycles. The summed E-state index contributed by atoms with van der Waals surface area (Å²) in [4.78, 5) is 11.1. The highest BCUT2D eigenvalue weighted by Crippen LogP contribution is 2.41. The van der Waals surface area contributed by atoms with E-state index in [9.17, 15) is 31.1 Å². The van der Waals surface area contributed by atoms with Gasteiger partial charge in [0.2, 0.25) is 0 Å². The predicted octanol–water partition coefficient (Wildman–Crippen LogP) is 5.63. The molecule has 10 heteroatoms. The molecule has 0 radical (unpaired) electrons. The van der Waals surface area contributed by atoms with Gasteiger partial charge in [-0.2, -0.15) is 31.6 Å². The smallest absolute Gasteiger partial charge is 0.416 e. The number of rotatable bonds is 4. The Morgan fingerprint density at radius 2 is 1.90 bits per heavy atom. The third-order valence-electron chi connectivity index (χ3n) is 4.81. The molecule has 1 heterocycles. The molecule has 3 rings (SSSR count). The van der Waals surface area contributed by atoms with Crippen LogP contribution >= 0.6 is 0 Å². The van der Waals surface area contributed by atoms with E-state index in [0.29, 0.717) is 22.5 Å². The third-order valence-corrected chi connectivity index (χ3v) is 4.81. The van der Waals surface area contributed by atoms with Crippen molar-refractivity contribution in [3.8, 4) is 6.07 Å². The molecule has 0 saturated carbocycles. The maximum atomic E-state index is 13.2. The summed E-state index contributed by atoms with van der Waals surface area (Å²) < 4.78 is 80.5. The Kier molecular flexibility index (Phi) is 5.72. The summed E-state index contributed by atoms with van der Waals surface area (Å²) in [7, 11) is 0. The van der Waals surface area contributed by atoms with E-state index in [2.05, 4.69) is 0 Å². The van der Waals surface area contributed by atoms with Crippen LogP contribution in [0.4, 0.5) is 26.3 Å². The van der Waals surface area contributed by atoms with Crippen LogP contribution in [0.25, 0.3) is 17.0 Å². The van der Waals surface area contributed by atoms with Crippen LogP contribution in [-0.2, 0) is 11.3 Å². The molecule has 4 nitrogen and oxygen atoms in total. The van der Waals surface area contributed by atoms with Crippen LogP contribution in [0.5, 0.6) is 0 Å². The fourth-order valence-corrected chi connectivity index (χ4v) is 3.42. The van der Waals surface area contributed by atoms with Gasteiger partial charge in [-0.05, 0) is 30.2 Å². The highest BCUT2D eigenvalue weighted by Gasteiger charge is 2.44. The number of halogens is 6. The monoisotopic (exact) mass is 440 g/mol. The van der Waals surface area contributed by atoms with E-state index in [1.165, 1.54) is 16.8 Å². The number of nitriles is 1. The number of alkyl halides is 6. The number of fused-ring (bicyclic) bond motifs is 1. The number of nitrogens with zero attached hydrogens (tertiary/aromatic N) is 2. The van der Waals surface area contributed by atoms with Gasteiger partial charge in [0.1, 0.15) is 11.6 Å². The lowest BCUT2D eigenvalue weighted by Gasteiger charge is -2.25. The number of para-hydroxylation sites is 1. The summed E-state index contributed by atoms with van der Waals surface area (Å²) >= 11 is 0. The molecule has 0 spiro atoms. The molecule has 162 valence electrons. The van der Waals surface area contributed by atoms with Gasteiger partial charge in [0.05, 0.1) is 11.5 Å². The van der Waals surface area contributed by atoms with Gasteiger partial charge in [-0.15, -0.1) is 0 Å². The van der Waals surface area contributed by atoms with Crippen molar-refractivity contribution in [2.24, 2.45) is 5.92 Å². The van der Waals surface area contributed by atoms with Crippen molar-refractivity contribution in [2.75, 3.05) is 0 Å². The lowest BCUT2D eigenvalue weighted by atomic mass is 9.89. The largest absolute Gasteiger partial charge is 0.477 e. The summed E-state index contributed by atoms with van der Waals surface area (Å²) in [6.45, 7) is -0.261. The van der Waals surface area contributed by atoms with Gasteiger partial charge >= 0.3 is 18.3 Å². The summed E-state index contributed by atoms with van der Waals surface area (Å²) in [6.07, 6.45) is -6.96. The summed E-state index contributed by atoms with van der Waals surface area (Å²) in [6, 6.07) is 8.02. The van der Waals surface area contributed by atoms with Crippen molar-refractivity contribution in [1.82, 2.24) is 4.57 Å². The van der Waals surface area contributed by atoms with Crippen molar-refractivity contribution in [3.63, 3.8) is 0 Å². The van der Waals surface area contributed by atoms with Crippen molar-refractivity contribution in [1.29, 1.82) is 5.26 Å². The van der Waals surface area contributed by atoms with Gasteiger partial charge in [0, 0.05) is 29.2 Å². The molecule has 1 aromatic heterocycles. The minimum atomic E-state index is -4.93. The van der Waals surface area contributed by atoms with E-state index in [1.54, 1.807) is 24.3 Å². The van der Waals surface area contributed by atoms with E-state index in [1.807, 2.05) is 0 Å². The number of aliphatic carboxylic acids is 1. The van der Waals surface area contributed by atoms with Crippen molar-refractivity contribution in [2.45, 2.75) is 25.3 Å². The molecule has 0 fully saturated rings. The first-order valence-electron chi connectivity index (χ1n) is 8.88. The number of aromatic nitrogens is 1. The normalized spacial score (nSPS) is 17.8. The van der Waals surface area contributed by atoms with Crippen LogP contribution in [0.1, 0.15) is 12.0 Å². The topological polar surface area (TPSA) is 66.0 Å². The van der Waals surface area contributed by atoms with Gasteiger partial charge in [0.25, 0.3) is 0 Å². The predicted molar refractivity (Wildman–Crippen MR) is 99.5 cm³/mol. The molecule has 0 bridgehead atoms. The van der Waals surface area contributed by atoms with Gasteiger partial charge in [0.15, 0.2) is 0 Å². The zero-order valence-corrected chi connectivity index (χ0v) is 15.6. The van der Waals surface area contributed by atoms with Crippen LogP contribution in [-0.4, -0.2) is 28.0 Å². The summed E-state index contributed by atoms with van der Waals surface area (Å²) in [5.41, 5.74) is -1.20. The average Bonchev–Trinajstić information content (AvgIpc) is 3.01. The van der Waals surface area contributed by atoms with Gasteiger partial charge in [-0.25, -0.2) is 4.79 Å². The molecular formula is C21H14F6N2O2. The van der Waals surface area contributed by atoms with E-state index >= 15 is 0 Å². The molecule has 1 aliphatic carbocycles. The maximum Gasteiger partial charge on any atom is 0.416 e. The molecule has 2 aromatic rings. The second-order valence-corrected chi connectivity index (χ2v) is 6.98. The van der Waals surface area contributed by atoms with Crippen LogP contribution in [0.2, 0.25) is 0 Å². The van der Waals surface area contributed by atoms with Gasteiger partial charge in [-0.3, -0.25) is 0 Å². The van der Waals surface area contributed by atoms with E-state index in [4.69, 9.17) is 10.4 Å². The summed E-state index contributed by atoms with van der Waals surface area (Å²) in [5.74, 6) is -3.72. The van der Waals surface area contributed by atoms with E-state index in [-0.39, 0.29) is 18.2 Å². The fraction of sp³-hybridized carbons (Fsp3) is 0.238. The number of carboxylic acids is 1. The minimum Gasteiger partial charge on any atom is -0.477 e. The lowest BCUT2D eigenvalue weighted by Crippen LogP contribution is -2.27. The number of hydrogen-bond acceptors (Lipinski definition) is 2. The SMILES string of the molecule is N#C/C(=C\c1cn(CC2=CC(C(F)(F)F)=CC(C(F)(F)F)C2)c2ccccc12)C(=O)O. The number of carboxylic acid groups (broad SMARTS) is 1. The third kappa shape index (κ3) is 4.82. The second-order valence-electron chi connectivity index (χ2n) is 6.98. The molecule has 31 heavy (non-hydrogen) atoms. The highest BCUT2D eigenvalue weighted by atomic mass is 19.4. The van der Waals surface area contributed by atoms with Crippen LogP contribution in [0.15, 0.2) is 59.3 Å². The first-order chi connectivity index (χ1) is 14.4. The molecular weight excluding hydrogens is 426 g/mol. The Balaban J connectivity index is 2.06. The number of carbonyl (C=O) groups is 1. The molecule has 1 aliphatic rings. The number of allylic oxidation sites excluding steroid dienone is 4. The van der Waals surface area contributed by atoms with E-state index in [0.717, 1.165) is 6.08 Å². The number of hydrogen-bond donors (Lipinski definition) is 1. The van der Waals surface area contributed by atoms with Gasteiger partial charge in [-0.1, -0.05) is 24.3 Å². The van der Waals surface area contributed by atoms with E-state index < -0.39 is 41.8 Å². The van der Waals surface area contributed by atoms with Crippen molar-refractivity contribution >= 4 is 22.9 Å². The molecule has 1 aromatic carbocycles. The van der Waals surface area contributed by atoms with Crippen LogP contribution in [0, 0.1) is 17.2 Å². The minimum absolute atomic E-state index is 0.0767.